The lowest BCUT2D eigenvalue weighted by Gasteiger charge is -2.30. The first-order valence-corrected chi connectivity index (χ1v) is 13.0. The van der Waals surface area contributed by atoms with Crippen molar-refractivity contribution in [3.8, 4) is 23.0 Å². The second-order valence-corrected chi connectivity index (χ2v) is 9.54. The topological polar surface area (TPSA) is 78.1 Å². The number of methoxy groups -OCH3 is 3. The summed E-state index contributed by atoms with van der Waals surface area (Å²) in [6, 6.07) is 19.5. The van der Waals surface area contributed by atoms with Gasteiger partial charge in [0.25, 0.3) is 0 Å². The minimum absolute atomic E-state index is 0.0128. The molecule has 1 aliphatic heterocycles. The molecule has 0 fully saturated rings. The first-order valence-electron chi connectivity index (χ1n) is 13.0. The van der Waals surface area contributed by atoms with Crippen molar-refractivity contribution in [1.29, 1.82) is 0 Å². The SMILES string of the molecule is CCCOc1ccc([C@@H]2Nc3ccccc3NC3=C2C(=O)C[C@H](c2ccc(OC)c(OC)c2)C3)cc1OC. The number of Topliss-reactive ketones (excluding diaryl/α,β-unsaturated/α-hetero) is 1. The van der Waals surface area contributed by atoms with E-state index >= 15 is 0 Å². The van der Waals surface area contributed by atoms with Crippen molar-refractivity contribution in [3.05, 3.63) is 83.1 Å². The molecule has 7 nitrogen and oxygen atoms in total. The molecule has 0 spiro atoms. The third-order valence-electron chi connectivity index (χ3n) is 7.17. The number of nitrogens with one attached hydrogen (secondary N) is 2. The zero-order chi connectivity index (χ0) is 26.6. The van der Waals surface area contributed by atoms with Crippen molar-refractivity contribution in [3.63, 3.8) is 0 Å². The van der Waals surface area contributed by atoms with Crippen molar-refractivity contribution >= 4 is 17.2 Å². The predicted molar refractivity (Wildman–Crippen MR) is 149 cm³/mol. The molecule has 0 unspecified atom stereocenters. The van der Waals surface area contributed by atoms with Crippen LogP contribution in [0, 0.1) is 0 Å². The van der Waals surface area contributed by atoms with Gasteiger partial charge in [-0.25, -0.2) is 0 Å². The van der Waals surface area contributed by atoms with E-state index in [1.807, 2.05) is 60.7 Å². The quantitative estimate of drug-likeness (QED) is 0.356. The lowest BCUT2D eigenvalue weighted by molar-refractivity contribution is -0.116. The van der Waals surface area contributed by atoms with Gasteiger partial charge in [-0.05, 0) is 66.3 Å². The first kappa shape index (κ1) is 25.5. The fourth-order valence-electron chi connectivity index (χ4n) is 5.28. The molecule has 1 heterocycles. The fraction of sp³-hybridized carbons (Fsp3) is 0.323. The van der Waals surface area contributed by atoms with E-state index in [9.17, 15) is 4.79 Å². The van der Waals surface area contributed by atoms with Crippen molar-refractivity contribution in [2.24, 2.45) is 0 Å². The summed E-state index contributed by atoms with van der Waals surface area (Å²) >= 11 is 0. The van der Waals surface area contributed by atoms with Gasteiger partial charge < -0.3 is 29.6 Å². The molecule has 2 atom stereocenters. The third-order valence-corrected chi connectivity index (χ3v) is 7.17. The van der Waals surface area contributed by atoms with E-state index in [-0.39, 0.29) is 17.7 Å². The summed E-state index contributed by atoms with van der Waals surface area (Å²) in [6.45, 7) is 2.68. The van der Waals surface area contributed by atoms with E-state index in [4.69, 9.17) is 18.9 Å². The van der Waals surface area contributed by atoms with Crippen LogP contribution in [-0.2, 0) is 4.79 Å². The molecule has 7 heteroatoms. The third kappa shape index (κ3) is 4.88. The lowest BCUT2D eigenvalue weighted by Crippen LogP contribution is -2.27. The highest BCUT2D eigenvalue weighted by atomic mass is 16.5. The number of hydrogen-bond donors (Lipinski definition) is 2. The number of allylic oxidation sites excluding steroid dienone is 1. The van der Waals surface area contributed by atoms with E-state index in [0.29, 0.717) is 42.4 Å². The van der Waals surface area contributed by atoms with Gasteiger partial charge in [0.05, 0.1) is 45.4 Å². The Hall–Kier alpha value is -4.13. The standard InChI is InChI=1S/C31H34N2O5/c1-5-14-38-27-13-11-20(18-29(27)37-4)31-30-24(32-22-8-6-7-9-23(22)33-31)15-21(16-25(30)34)19-10-12-26(35-2)28(17-19)36-3/h6-13,17-18,21,31-33H,5,14-16H2,1-4H3/t21-,31+/m1/s1. The van der Waals surface area contributed by atoms with E-state index in [2.05, 4.69) is 17.6 Å². The van der Waals surface area contributed by atoms with E-state index in [1.54, 1.807) is 21.3 Å². The second-order valence-electron chi connectivity index (χ2n) is 9.54. The zero-order valence-corrected chi connectivity index (χ0v) is 22.3. The van der Waals surface area contributed by atoms with Crippen LogP contribution in [0.4, 0.5) is 11.4 Å². The maximum atomic E-state index is 13.9. The highest BCUT2D eigenvalue weighted by Crippen LogP contribution is 2.46. The van der Waals surface area contributed by atoms with Crippen molar-refractivity contribution in [1.82, 2.24) is 0 Å². The smallest absolute Gasteiger partial charge is 0.163 e. The van der Waals surface area contributed by atoms with Crippen LogP contribution >= 0.6 is 0 Å². The summed E-state index contributed by atoms with van der Waals surface area (Å²) in [5, 5.41) is 7.23. The minimum Gasteiger partial charge on any atom is -0.493 e. The Morgan fingerprint density at radius 3 is 2.18 bits per heavy atom. The number of carbonyl (C=O) groups is 1. The van der Waals surface area contributed by atoms with Gasteiger partial charge in [-0.15, -0.1) is 0 Å². The van der Waals surface area contributed by atoms with Crippen LogP contribution in [0.15, 0.2) is 71.9 Å². The average Bonchev–Trinajstić information content (AvgIpc) is 3.12. The molecule has 0 aromatic heterocycles. The molecule has 198 valence electrons. The van der Waals surface area contributed by atoms with E-state index in [1.165, 1.54) is 0 Å². The maximum Gasteiger partial charge on any atom is 0.163 e. The molecule has 5 rings (SSSR count). The Morgan fingerprint density at radius 1 is 0.789 bits per heavy atom. The van der Waals surface area contributed by atoms with Gasteiger partial charge in [0.2, 0.25) is 0 Å². The highest BCUT2D eigenvalue weighted by Gasteiger charge is 2.36. The summed E-state index contributed by atoms with van der Waals surface area (Å²) in [6.07, 6.45) is 2.00. The summed E-state index contributed by atoms with van der Waals surface area (Å²) in [5.74, 6) is 2.80. The summed E-state index contributed by atoms with van der Waals surface area (Å²) in [7, 11) is 4.89. The van der Waals surface area contributed by atoms with E-state index in [0.717, 1.165) is 40.2 Å². The molecule has 3 aromatic rings. The molecular weight excluding hydrogens is 480 g/mol. The molecule has 2 aliphatic rings. The fourth-order valence-corrected chi connectivity index (χ4v) is 5.28. The van der Waals surface area contributed by atoms with Crippen LogP contribution in [0.1, 0.15) is 49.3 Å². The summed E-state index contributed by atoms with van der Waals surface area (Å²) in [4.78, 5) is 13.9. The van der Waals surface area contributed by atoms with Gasteiger partial charge in [0.1, 0.15) is 0 Å². The molecule has 38 heavy (non-hydrogen) atoms. The number of carbonyl (C=O) groups excluding carboxylic acids is 1. The Bertz CT molecular complexity index is 1370. The van der Waals surface area contributed by atoms with Crippen molar-refractivity contribution in [2.75, 3.05) is 38.6 Å². The first-order chi connectivity index (χ1) is 18.6. The maximum absolute atomic E-state index is 13.9. The number of rotatable bonds is 8. The summed E-state index contributed by atoms with van der Waals surface area (Å²) in [5.41, 5.74) is 5.54. The molecular formula is C31H34N2O5. The van der Waals surface area contributed by atoms with Gasteiger partial charge in [-0.3, -0.25) is 4.79 Å². The molecule has 0 bridgehead atoms. The number of anilines is 2. The van der Waals surface area contributed by atoms with Gasteiger partial charge >= 0.3 is 0 Å². The number of hydrogen-bond acceptors (Lipinski definition) is 7. The molecule has 0 amide bonds. The van der Waals surface area contributed by atoms with Crippen LogP contribution in [0.2, 0.25) is 0 Å². The van der Waals surface area contributed by atoms with Gasteiger partial charge in [0.15, 0.2) is 28.8 Å². The molecule has 0 saturated heterocycles. The van der Waals surface area contributed by atoms with Crippen LogP contribution in [-0.4, -0.2) is 33.7 Å². The zero-order valence-electron chi connectivity index (χ0n) is 22.3. The van der Waals surface area contributed by atoms with Crippen LogP contribution in [0.3, 0.4) is 0 Å². The number of ketones is 1. The monoisotopic (exact) mass is 514 g/mol. The minimum atomic E-state index is -0.339. The summed E-state index contributed by atoms with van der Waals surface area (Å²) < 4.78 is 22.5. The molecule has 3 aromatic carbocycles. The van der Waals surface area contributed by atoms with Crippen molar-refractivity contribution in [2.45, 2.75) is 38.1 Å². The Kier molecular flexibility index (Phi) is 7.45. The van der Waals surface area contributed by atoms with Gasteiger partial charge in [-0.2, -0.15) is 0 Å². The average molecular weight is 515 g/mol. The Morgan fingerprint density at radius 2 is 1.45 bits per heavy atom. The molecule has 1 aliphatic carbocycles. The number of ether oxygens (including phenoxy) is 4. The van der Waals surface area contributed by atoms with Crippen molar-refractivity contribution < 1.29 is 23.7 Å². The normalized spacial score (nSPS) is 18.4. The van der Waals surface area contributed by atoms with Gasteiger partial charge in [0, 0.05) is 17.7 Å². The lowest BCUT2D eigenvalue weighted by atomic mass is 9.78. The molecule has 0 radical (unpaired) electrons. The van der Waals surface area contributed by atoms with E-state index < -0.39 is 0 Å². The van der Waals surface area contributed by atoms with Crippen LogP contribution in [0.25, 0.3) is 0 Å². The second kappa shape index (κ2) is 11.1. The number of benzene rings is 3. The molecule has 0 saturated carbocycles. The largest absolute Gasteiger partial charge is 0.493 e. The Balaban J connectivity index is 1.56. The number of para-hydroxylation sites is 2. The van der Waals surface area contributed by atoms with Gasteiger partial charge in [-0.1, -0.05) is 31.2 Å². The molecule has 2 N–H and O–H groups in total. The predicted octanol–water partition coefficient (Wildman–Crippen LogP) is 6.48. The van der Waals surface area contributed by atoms with Crippen LogP contribution < -0.4 is 29.6 Å². The highest BCUT2D eigenvalue weighted by molar-refractivity contribution is 6.01. The Labute approximate surface area is 223 Å². The van der Waals surface area contributed by atoms with Crippen LogP contribution in [0.5, 0.6) is 23.0 Å². The number of fused-ring (bicyclic) bond motifs is 1.